The third kappa shape index (κ3) is 4.60. The van der Waals surface area contributed by atoms with E-state index in [1.807, 2.05) is 6.92 Å². The quantitative estimate of drug-likeness (QED) is 0.757. The number of thiophene rings is 1. The maximum Gasteiger partial charge on any atom is 0.332 e. The second-order valence-electron chi connectivity index (χ2n) is 4.90. The van der Waals surface area contributed by atoms with Crippen molar-refractivity contribution in [1.29, 1.82) is 0 Å². The van der Waals surface area contributed by atoms with Gasteiger partial charge in [-0.2, -0.15) is 11.3 Å². The predicted octanol–water partition coefficient (Wildman–Crippen LogP) is 2.59. The minimum absolute atomic E-state index is 0.449. The summed E-state index contributed by atoms with van der Waals surface area (Å²) in [4.78, 5) is 13.4. The Hall–Kier alpha value is -0.910. The van der Waals surface area contributed by atoms with Crippen LogP contribution in [-0.4, -0.2) is 41.3 Å². The zero-order valence-electron chi connectivity index (χ0n) is 11.2. The number of carboxylic acid groups (broad SMARTS) is 1. The molecule has 1 fully saturated rings. The highest BCUT2D eigenvalue weighted by atomic mass is 32.1. The molecule has 0 bridgehead atoms. The Morgan fingerprint density at radius 2 is 2.42 bits per heavy atom. The largest absolute Gasteiger partial charge is 0.479 e. The van der Waals surface area contributed by atoms with E-state index >= 15 is 0 Å². The Kier molecular flexibility index (Phi) is 5.36. The number of nitrogens with zero attached hydrogens (tertiary/aromatic N) is 1. The lowest BCUT2D eigenvalue weighted by molar-refractivity contribution is -0.150. The molecule has 0 saturated heterocycles. The third-order valence-corrected chi connectivity index (χ3v) is 4.08. The van der Waals surface area contributed by atoms with Crippen LogP contribution in [-0.2, 0) is 16.1 Å². The van der Waals surface area contributed by atoms with E-state index in [-0.39, 0.29) is 0 Å². The van der Waals surface area contributed by atoms with E-state index < -0.39 is 12.1 Å². The molecule has 1 aromatic heterocycles. The molecular formula is C14H21NO3S. The molecule has 1 unspecified atom stereocenters. The number of hydrogen-bond acceptors (Lipinski definition) is 4. The molecule has 4 nitrogen and oxygen atoms in total. The molecule has 0 spiro atoms. The lowest BCUT2D eigenvalue weighted by Gasteiger charge is -2.23. The van der Waals surface area contributed by atoms with Gasteiger partial charge in [0.25, 0.3) is 0 Å². The molecule has 1 aliphatic carbocycles. The van der Waals surface area contributed by atoms with E-state index in [2.05, 4.69) is 21.7 Å². The molecule has 2 rings (SSSR count). The fourth-order valence-electron chi connectivity index (χ4n) is 2.21. The molecular weight excluding hydrogens is 262 g/mol. The van der Waals surface area contributed by atoms with Gasteiger partial charge >= 0.3 is 5.97 Å². The van der Waals surface area contributed by atoms with Gasteiger partial charge in [0.2, 0.25) is 0 Å². The summed E-state index contributed by atoms with van der Waals surface area (Å²) in [5.41, 5.74) is 1.32. The van der Waals surface area contributed by atoms with Crippen LogP contribution in [0, 0.1) is 0 Å². The van der Waals surface area contributed by atoms with Crippen LogP contribution in [0.15, 0.2) is 16.8 Å². The predicted molar refractivity (Wildman–Crippen MR) is 75.4 cm³/mol. The van der Waals surface area contributed by atoms with Gasteiger partial charge in [0.1, 0.15) is 0 Å². The van der Waals surface area contributed by atoms with E-state index in [4.69, 9.17) is 9.84 Å². The van der Waals surface area contributed by atoms with Crippen LogP contribution >= 0.6 is 11.3 Å². The van der Waals surface area contributed by atoms with Gasteiger partial charge in [-0.25, -0.2) is 4.79 Å². The normalized spacial score (nSPS) is 16.7. The maximum atomic E-state index is 11.1. The first-order valence-electron chi connectivity index (χ1n) is 6.80. The van der Waals surface area contributed by atoms with Crippen molar-refractivity contribution in [3.8, 4) is 0 Å². The standard InChI is InChI=1S/C14H21NO3S/c1-2-18-13(14(16)17)5-7-15(12-3-4-12)9-11-6-8-19-10-11/h6,8,10,12-13H,2-5,7,9H2,1H3,(H,16,17). The van der Waals surface area contributed by atoms with Gasteiger partial charge in [-0.3, -0.25) is 4.90 Å². The SMILES string of the molecule is CCOC(CCN(Cc1ccsc1)C1CC1)C(=O)O. The molecule has 1 saturated carbocycles. The summed E-state index contributed by atoms with van der Waals surface area (Å²) in [6, 6.07) is 2.77. The smallest absolute Gasteiger partial charge is 0.332 e. The summed E-state index contributed by atoms with van der Waals surface area (Å²) in [5, 5.41) is 13.3. The van der Waals surface area contributed by atoms with E-state index in [0.29, 0.717) is 19.1 Å². The number of ether oxygens (including phenoxy) is 1. The van der Waals surface area contributed by atoms with Crippen LogP contribution in [0.1, 0.15) is 31.7 Å². The lowest BCUT2D eigenvalue weighted by Crippen LogP contribution is -2.33. The first-order valence-corrected chi connectivity index (χ1v) is 7.74. The van der Waals surface area contributed by atoms with Gasteiger partial charge < -0.3 is 9.84 Å². The van der Waals surface area contributed by atoms with Crippen LogP contribution in [0.3, 0.4) is 0 Å². The van der Waals surface area contributed by atoms with Crippen molar-refractivity contribution in [2.75, 3.05) is 13.2 Å². The molecule has 1 aliphatic rings. The number of hydrogen-bond donors (Lipinski definition) is 1. The molecule has 1 heterocycles. The topological polar surface area (TPSA) is 49.8 Å². The molecule has 106 valence electrons. The van der Waals surface area contributed by atoms with Gasteiger partial charge in [-0.05, 0) is 48.6 Å². The second kappa shape index (κ2) is 7.03. The zero-order valence-corrected chi connectivity index (χ0v) is 12.1. The summed E-state index contributed by atoms with van der Waals surface area (Å²) >= 11 is 1.71. The van der Waals surface area contributed by atoms with Gasteiger partial charge in [-0.15, -0.1) is 0 Å². The molecule has 5 heteroatoms. The molecule has 1 N–H and O–H groups in total. The van der Waals surface area contributed by atoms with Crippen molar-refractivity contribution in [1.82, 2.24) is 4.90 Å². The average molecular weight is 283 g/mol. The molecule has 19 heavy (non-hydrogen) atoms. The second-order valence-corrected chi connectivity index (χ2v) is 5.68. The molecule has 0 aromatic carbocycles. The van der Waals surface area contributed by atoms with Crippen LogP contribution in [0.5, 0.6) is 0 Å². The summed E-state index contributed by atoms with van der Waals surface area (Å²) in [6.07, 6.45) is 2.35. The van der Waals surface area contributed by atoms with E-state index in [9.17, 15) is 4.79 Å². The molecule has 0 aliphatic heterocycles. The molecule has 0 amide bonds. The van der Waals surface area contributed by atoms with Crippen LogP contribution in [0.25, 0.3) is 0 Å². The van der Waals surface area contributed by atoms with Crippen molar-refractivity contribution >= 4 is 17.3 Å². The Labute approximate surface area is 118 Å². The van der Waals surface area contributed by atoms with Crippen LogP contribution in [0.4, 0.5) is 0 Å². The minimum Gasteiger partial charge on any atom is -0.479 e. The summed E-state index contributed by atoms with van der Waals surface area (Å²) in [6.45, 7) is 4.00. The van der Waals surface area contributed by atoms with Crippen LogP contribution in [0.2, 0.25) is 0 Å². The number of aliphatic carboxylic acids is 1. The van der Waals surface area contributed by atoms with E-state index in [1.165, 1.54) is 18.4 Å². The Bertz CT molecular complexity index is 389. The van der Waals surface area contributed by atoms with Crippen LogP contribution < -0.4 is 0 Å². The Balaban J connectivity index is 1.84. The van der Waals surface area contributed by atoms with Gasteiger partial charge in [0.05, 0.1) is 0 Å². The number of carbonyl (C=O) groups is 1. The van der Waals surface area contributed by atoms with Crippen molar-refractivity contribution in [3.63, 3.8) is 0 Å². The summed E-state index contributed by atoms with van der Waals surface area (Å²) < 4.78 is 5.27. The Morgan fingerprint density at radius 1 is 1.63 bits per heavy atom. The zero-order chi connectivity index (χ0) is 13.7. The first kappa shape index (κ1) is 14.5. The van der Waals surface area contributed by atoms with Crippen molar-refractivity contribution in [3.05, 3.63) is 22.4 Å². The fraction of sp³-hybridized carbons (Fsp3) is 0.643. The molecule has 1 aromatic rings. The highest BCUT2D eigenvalue weighted by Gasteiger charge is 2.30. The highest BCUT2D eigenvalue weighted by molar-refractivity contribution is 7.07. The van der Waals surface area contributed by atoms with Gasteiger partial charge in [0, 0.05) is 25.7 Å². The minimum atomic E-state index is -0.854. The number of rotatable bonds is 9. The van der Waals surface area contributed by atoms with Crippen molar-refractivity contribution in [2.45, 2.75) is 44.9 Å². The number of carboxylic acids is 1. The van der Waals surface area contributed by atoms with E-state index in [1.54, 1.807) is 11.3 Å². The lowest BCUT2D eigenvalue weighted by atomic mass is 10.2. The average Bonchev–Trinajstić information content (AvgIpc) is 3.10. The van der Waals surface area contributed by atoms with Gasteiger partial charge in [0.15, 0.2) is 6.10 Å². The molecule has 1 atom stereocenters. The van der Waals surface area contributed by atoms with E-state index in [0.717, 1.165) is 13.1 Å². The fourth-order valence-corrected chi connectivity index (χ4v) is 2.87. The maximum absolute atomic E-state index is 11.1. The first-order chi connectivity index (χ1) is 9.20. The summed E-state index contributed by atoms with van der Waals surface area (Å²) in [7, 11) is 0. The Morgan fingerprint density at radius 3 is 2.95 bits per heavy atom. The van der Waals surface area contributed by atoms with Gasteiger partial charge in [-0.1, -0.05) is 0 Å². The molecule has 0 radical (unpaired) electrons. The third-order valence-electron chi connectivity index (χ3n) is 3.35. The summed E-state index contributed by atoms with van der Waals surface area (Å²) in [5.74, 6) is -0.854. The highest BCUT2D eigenvalue weighted by Crippen LogP contribution is 2.29. The van der Waals surface area contributed by atoms with Crippen molar-refractivity contribution in [2.24, 2.45) is 0 Å². The monoisotopic (exact) mass is 283 g/mol. The van der Waals surface area contributed by atoms with Crippen molar-refractivity contribution < 1.29 is 14.6 Å².